The van der Waals surface area contributed by atoms with Gasteiger partial charge in [-0.3, -0.25) is 4.79 Å². The molecule has 2 rings (SSSR count). The number of ether oxygens (including phenoxy) is 1. The van der Waals surface area contributed by atoms with Crippen molar-refractivity contribution in [3.63, 3.8) is 0 Å². The SMILES string of the molecule is O=C(/C=C/c1ccc(Cl)s1)NCc1ccc(OC(F)F)cc1. The Morgan fingerprint density at radius 1 is 1.27 bits per heavy atom. The van der Waals surface area contributed by atoms with Crippen molar-refractivity contribution in [3.8, 4) is 5.75 Å². The quantitative estimate of drug-likeness (QED) is 0.793. The molecular formula is C15H12ClF2NO2S. The second kappa shape index (κ2) is 7.91. The molecule has 0 spiro atoms. The van der Waals surface area contributed by atoms with Gasteiger partial charge < -0.3 is 10.1 Å². The lowest BCUT2D eigenvalue weighted by Gasteiger charge is -2.06. The summed E-state index contributed by atoms with van der Waals surface area (Å²) in [5, 5.41) is 2.69. The number of rotatable bonds is 6. The fourth-order valence-corrected chi connectivity index (χ4v) is 2.58. The van der Waals surface area contributed by atoms with E-state index in [0.717, 1.165) is 10.4 Å². The van der Waals surface area contributed by atoms with Gasteiger partial charge in [0.15, 0.2) is 0 Å². The van der Waals surface area contributed by atoms with Gasteiger partial charge in [0.1, 0.15) is 5.75 Å². The minimum Gasteiger partial charge on any atom is -0.435 e. The summed E-state index contributed by atoms with van der Waals surface area (Å²) in [4.78, 5) is 12.5. The van der Waals surface area contributed by atoms with Gasteiger partial charge in [0.2, 0.25) is 5.91 Å². The van der Waals surface area contributed by atoms with E-state index in [-0.39, 0.29) is 11.7 Å². The van der Waals surface area contributed by atoms with Crippen molar-refractivity contribution in [3.05, 3.63) is 57.3 Å². The summed E-state index contributed by atoms with van der Waals surface area (Å²) in [6.45, 7) is -2.55. The predicted octanol–water partition coefficient (Wildman–Crippen LogP) is 4.33. The number of halogens is 3. The van der Waals surface area contributed by atoms with E-state index in [4.69, 9.17) is 11.6 Å². The monoisotopic (exact) mass is 343 g/mol. The molecule has 0 bridgehead atoms. The normalized spacial score (nSPS) is 11.1. The topological polar surface area (TPSA) is 38.3 Å². The summed E-state index contributed by atoms with van der Waals surface area (Å²) in [7, 11) is 0. The molecule has 22 heavy (non-hydrogen) atoms. The van der Waals surface area contributed by atoms with Crippen molar-refractivity contribution in [2.45, 2.75) is 13.2 Å². The molecule has 1 heterocycles. The van der Waals surface area contributed by atoms with Crippen molar-refractivity contribution in [2.75, 3.05) is 0 Å². The van der Waals surface area contributed by atoms with Gasteiger partial charge >= 0.3 is 6.61 Å². The summed E-state index contributed by atoms with van der Waals surface area (Å²) >= 11 is 7.16. The number of carbonyl (C=O) groups is 1. The maximum Gasteiger partial charge on any atom is 0.387 e. The lowest BCUT2D eigenvalue weighted by Crippen LogP contribution is -2.20. The largest absolute Gasteiger partial charge is 0.435 e. The van der Waals surface area contributed by atoms with Crippen LogP contribution in [-0.2, 0) is 11.3 Å². The highest BCUT2D eigenvalue weighted by Gasteiger charge is 2.04. The molecule has 1 N–H and O–H groups in total. The molecular weight excluding hydrogens is 332 g/mol. The van der Waals surface area contributed by atoms with E-state index in [1.165, 1.54) is 29.5 Å². The smallest absolute Gasteiger partial charge is 0.387 e. The molecule has 1 amide bonds. The van der Waals surface area contributed by atoms with Gasteiger partial charge in [-0.05, 0) is 35.9 Å². The molecule has 0 atom stereocenters. The number of hydrogen-bond acceptors (Lipinski definition) is 3. The van der Waals surface area contributed by atoms with Crippen LogP contribution in [0.4, 0.5) is 8.78 Å². The molecule has 3 nitrogen and oxygen atoms in total. The summed E-state index contributed by atoms with van der Waals surface area (Å²) in [6.07, 6.45) is 3.09. The number of hydrogen-bond donors (Lipinski definition) is 1. The fourth-order valence-electron chi connectivity index (χ4n) is 1.61. The van der Waals surface area contributed by atoms with Gasteiger partial charge in [-0.2, -0.15) is 8.78 Å². The molecule has 0 fully saturated rings. The van der Waals surface area contributed by atoms with Gasteiger partial charge in [-0.1, -0.05) is 23.7 Å². The average molecular weight is 344 g/mol. The van der Waals surface area contributed by atoms with Crippen LogP contribution < -0.4 is 10.1 Å². The minimum atomic E-state index is -2.85. The molecule has 0 saturated heterocycles. The highest BCUT2D eigenvalue weighted by atomic mass is 35.5. The molecule has 0 radical (unpaired) electrons. The van der Waals surface area contributed by atoms with Gasteiger partial charge in [0.05, 0.1) is 4.34 Å². The molecule has 116 valence electrons. The number of nitrogens with one attached hydrogen (secondary N) is 1. The molecule has 0 saturated carbocycles. The Balaban J connectivity index is 1.82. The standard InChI is InChI=1S/C15H12ClF2NO2S/c16-13-7-5-12(22-13)6-8-14(20)19-9-10-1-3-11(4-2-10)21-15(17)18/h1-8,15H,9H2,(H,19,20)/b8-6+. The minimum absolute atomic E-state index is 0.0829. The van der Waals surface area contributed by atoms with Crippen molar-refractivity contribution in [1.82, 2.24) is 5.32 Å². The summed E-state index contributed by atoms with van der Waals surface area (Å²) in [5.41, 5.74) is 0.780. The van der Waals surface area contributed by atoms with E-state index >= 15 is 0 Å². The Labute approximate surface area is 135 Å². The van der Waals surface area contributed by atoms with Crippen LogP contribution in [0.5, 0.6) is 5.75 Å². The van der Waals surface area contributed by atoms with E-state index in [2.05, 4.69) is 10.1 Å². The van der Waals surface area contributed by atoms with Crippen molar-refractivity contribution in [2.24, 2.45) is 0 Å². The fraction of sp³-hybridized carbons (Fsp3) is 0.133. The zero-order chi connectivity index (χ0) is 15.9. The number of thiophene rings is 1. The second-order valence-electron chi connectivity index (χ2n) is 4.22. The van der Waals surface area contributed by atoms with E-state index in [1.54, 1.807) is 24.3 Å². The Bertz CT molecular complexity index is 656. The zero-order valence-electron chi connectivity index (χ0n) is 11.3. The molecule has 0 aliphatic heterocycles. The molecule has 0 aliphatic carbocycles. The zero-order valence-corrected chi connectivity index (χ0v) is 12.8. The van der Waals surface area contributed by atoms with Gasteiger partial charge in [-0.15, -0.1) is 11.3 Å². The van der Waals surface area contributed by atoms with Gasteiger partial charge in [-0.25, -0.2) is 0 Å². The number of alkyl halides is 2. The van der Waals surface area contributed by atoms with Crippen LogP contribution >= 0.6 is 22.9 Å². The maximum absolute atomic E-state index is 12.0. The van der Waals surface area contributed by atoms with Gasteiger partial charge in [0.25, 0.3) is 0 Å². The van der Waals surface area contributed by atoms with Crippen LogP contribution in [0.2, 0.25) is 4.34 Å². The number of carbonyl (C=O) groups excluding carboxylic acids is 1. The van der Waals surface area contributed by atoms with Crippen LogP contribution in [0.25, 0.3) is 6.08 Å². The Kier molecular flexibility index (Phi) is 5.91. The van der Waals surface area contributed by atoms with E-state index in [9.17, 15) is 13.6 Å². The third kappa shape index (κ3) is 5.46. The third-order valence-electron chi connectivity index (χ3n) is 2.61. The van der Waals surface area contributed by atoms with Crippen molar-refractivity contribution < 1.29 is 18.3 Å². The molecule has 0 aliphatic rings. The second-order valence-corrected chi connectivity index (χ2v) is 5.96. The third-order valence-corrected chi connectivity index (χ3v) is 3.80. The van der Waals surface area contributed by atoms with E-state index in [0.29, 0.717) is 10.9 Å². The highest BCUT2D eigenvalue weighted by molar-refractivity contribution is 7.17. The first-order valence-electron chi connectivity index (χ1n) is 6.28. The Morgan fingerprint density at radius 3 is 2.59 bits per heavy atom. The van der Waals surface area contributed by atoms with Crippen LogP contribution in [0.3, 0.4) is 0 Å². The first kappa shape index (κ1) is 16.5. The Morgan fingerprint density at radius 2 is 2.00 bits per heavy atom. The first-order valence-corrected chi connectivity index (χ1v) is 7.47. The lowest BCUT2D eigenvalue weighted by atomic mass is 10.2. The molecule has 0 unspecified atom stereocenters. The van der Waals surface area contributed by atoms with Crippen molar-refractivity contribution >= 4 is 34.9 Å². The molecule has 1 aromatic heterocycles. The van der Waals surface area contributed by atoms with E-state index in [1.807, 2.05) is 6.07 Å². The predicted molar refractivity (Wildman–Crippen MR) is 83.3 cm³/mol. The highest BCUT2D eigenvalue weighted by Crippen LogP contribution is 2.22. The molecule has 1 aromatic carbocycles. The van der Waals surface area contributed by atoms with Crippen LogP contribution in [0.1, 0.15) is 10.4 Å². The van der Waals surface area contributed by atoms with Crippen LogP contribution in [-0.4, -0.2) is 12.5 Å². The molecule has 7 heteroatoms. The van der Waals surface area contributed by atoms with Crippen LogP contribution in [0.15, 0.2) is 42.5 Å². The summed E-state index contributed by atoms with van der Waals surface area (Å²) in [6, 6.07) is 9.65. The summed E-state index contributed by atoms with van der Waals surface area (Å²) < 4.78 is 28.9. The van der Waals surface area contributed by atoms with E-state index < -0.39 is 6.61 Å². The number of amides is 1. The summed E-state index contributed by atoms with van der Waals surface area (Å²) in [5.74, 6) is -0.169. The van der Waals surface area contributed by atoms with Crippen LogP contribution in [0, 0.1) is 0 Å². The Hall–Kier alpha value is -1.92. The molecule has 2 aromatic rings. The van der Waals surface area contributed by atoms with Gasteiger partial charge in [0, 0.05) is 17.5 Å². The number of benzene rings is 1. The van der Waals surface area contributed by atoms with Crippen molar-refractivity contribution in [1.29, 1.82) is 0 Å². The lowest BCUT2D eigenvalue weighted by molar-refractivity contribution is -0.116. The first-order chi connectivity index (χ1) is 10.5. The maximum atomic E-state index is 12.0. The average Bonchev–Trinajstić information content (AvgIpc) is 2.89.